The summed E-state index contributed by atoms with van der Waals surface area (Å²) < 4.78 is 14.0. The van der Waals surface area contributed by atoms with Gasteiger partial charge in [0.25, 0.3) is 6.71 Å². The zero-order valence-corrected chi connectivity index (χ0v) is 41.8. The Morgan fingerprint density at radius 2 is 0.584 bits per heavy atom. The first kappa shape index (κ1) is 43.3. The Morgan fingerprint density at radius 1 is 0.234 bits per heavy atom. The molecule has 5 heteroatoms. The lowest BCUT2D eigenvalue weighted by molar-refractivity contribution is 0.669. The number of hydrogen-bond donors (Lipinski definition) is 0. The van der Waals surface area contributed by atoms with Gasteiger partial charge in [-0.1, -0.05) is 200 Å². The van der Waals surface area contributed by atoms with Gasteiger partial charge in [0.05, 0.1) is 11.4 Å². The van der Waals surface area contributed by atoms with E-state index in [9.17, 15) is 0 Å². The fourth-order valence-electron chi connectivity index (χ4n) is 12.5. The van der Waals surface area contributed by atoms with Crippen LogP contribution in [-0.2, 0) is 0 Å². The Bertz CT molecular complexity index is 4350. The molecule has 2 aliphatic heterocycles. The lowest BCUT2D eigenvalue weighted by atomic mass is 9.33. The Morgan fingerprint density at radius 3 is 1.00 bits per heavy atom. The second-order valence-electron chi connectivity index (χ2n) is 20.3. The summed E-state index contributed by atoms with van der Waals surface area (Å²) in [6.07, 6.45) is 0. The van der Waals surface area contributed by atoms with Crippen molar-refractivity contribution in [1.82, 2.24) is 0 Å². The highest BCUT2D eigenvalue weighted by molar-refractivity contribution is 7.00. The molecule has 2 aliphatic rings. The molecule has 2 aromatic heterocycles. The number of hydrogen-bond acceptors (Lipinski definition) is 4. The second-order valence-corrected chi connectivity index (χ2v) is 20.3. The van der Waals surface area contributed by atoms with E-state index >= 15 is 0 Å². The molecule has 4 heterocycles. The molecule has 0 spiro atoms. The van der Waals surface area contributed by atoms with Crippen LogP contribution in [0.1, 0.15) is 0 Å². The first-order valence-electron chi connectivity index (χ1n) is 26.4. The number of furan rings is 2. The van der Waals surface area contributed by atoms with Crippen molar-refractivity contribution in [2.75, 3.05) is 9.80 Å². The zero-order valence-electron chi connectivity index (χ0n) is 41.8. The van der Waals surface area contributed by atoms with Crippen molar-refractivity contribution >= 4 is 101 Å². The van der Waals surface area contributed by atoms with Crippen LogP contribution in [0.3, 0.4) is 0 Å². The molecule has 0 saturated heterocycles. The van der Waals surface area contributed by atoms with E-state index < -0.39 is 0 Å². The van der Waals surface area contributed by atoms with Gasteiger partial charge < -0.3 is 18.6 Å². The van der Waals surface area contributed by atoms with Crippen LogP contribution in [0.25, 0.3) is 99.5 Å². The van der Waals surface area contributed by atoms with Crippen LogP contribution in [0.2, 0.25) is 0 Å². The number of fused-ring (bicyclic) bond motifs is 10. The van der Waals surface area contributed by atoms with Crippen LogP contribution in [0.15, 0.2) is 282 Å². The third-order valence-corrected chi connectivity index (χ3v) is 16.0. The molecule has 12 aromatic carbocycles. The number of rotatable bonds is 7. The Kier molecular flexibility index (Phi) is 9.70. The predicted octanol–water partition coefficient (Wildman–Crippen LogP) is 17.9. The summed E-state index contributed by atoms with van der Waals surface area (Å²) in [6.45, 7) is -0.231. The molecular formula is C72H45BN2O2. The monoisotopic (exact) mass is 980 g/mol. The highest BCUT2D eigenvalue weighted by Crippen LogP contribution is 2.51. The van der Waals surface area contributed by atoms with E-state index in [4.69, 9.17) is 8.83 Å². The average Bonchev–Trinajstić information content (AvgIpc) is 4.25. The molecule has 0 saturated carbocycles. The van der Waals surface area contributed by atoms with Crippen molar-refractivity contribution in [3.63, 3.8) is 0 Å². The van der Waals surface area contributed by atoms with Crippen molar-refractivity contribution < 1.29 is 8.83 Å². The van der Waals surface area contributed by atoms with Gasteiger partial charge in [-0.25, -0.2) is 0 Å². The molecule has 358 valence electrons. The molecular weight excluding hydrogens is 936 g/mol. The molecule has 0 unspecified atom stereocenters. The smallest absolute Gasteiger partial charge is 0.252 e. The SMILES string of the molecule is c1ccc(-c2cc3c4c(c2)N(c2ccccc2-c2ccccc2)c2cc5c(cc2B4c2cc4oc6ccc(-c7ccccc7)cc6c4cc2N3c2ccccc2-c2ccccc2)oc2ccc(-c3ccccc3)cc25)cc1. The van der Waals surface area contributed by atoms with E-state index in [0.29, 0.717) is 0 Å². The molecule has 14 aromatic rings. The van der Waals surface area contributed by atoms with Crippen molar-refractivity contribution in [2.45, 2.75) is 0 Å². The lowest BCUT2D eigenvalue weighted by Gasteiger charge is -2.45. The van der Waals surface area contributed by atoms with E-state index in [1.165, 1.54) is 16.6 Å². The minimum absolute atomic E-state index is 0.231. The first-order valence-corrected chi connectivity index (χ1v) is 26.4. The highest BCUT2D eigenvalue weighted by atomic mass is 16.3. The standard InChI is InChI=1S/C72H45BN2O2/c1-6-20-46(21-7-1)51-34-36-68-56(38-51)58-42-64-60(44-70(58)76-68)73-61-45-71-59(57-39-52(35-37-69(57)77-71)47-22-8-2-9-23-47)43-65(61)75(63-33-19-17-31-55(63)50-28-14-5-15-29-50)67-41-53(48-24-10-3-11-25-48)40-66(72(67)73)74(64)62-32-18-16-30-54(62)49-26-12-4-13-27-49/h1-45H. The van der Waals surface area contributed by atoms with E-state index in [1.54, 1.807) is 0 Å². The number of benzene rings is 12. The topological polar surface area (TPSA) is 32.8 Å². The van der Waals surface area contributed by atoms with Gasteiger partial charge in [-0.2, -0.15) is 0 Å². The van der Waals surface area contributed by atoms with E-state index in [1.807, 2.05) is 0 Å². The Labute approximate surface area is 446 Å². The fourth-order valence-corrected chi connectivity index (χ4v) is 12.5. The molecule has 4 nitrogen and oxygen atoms in total. The van der Waals surface area contributed by atoms with Crippen LogP contribution in [-0.4, -0.2) is 6.71 Å². The van der Waals surface area contributed by atoms with Gasteiger partial charge in [0.1, 0.15) is 22.3 Å². The normalized spacial score (nSPS) is 12.6. The predicted molar refractivity (Wildman–Crippen MR) is 322 cm³/mol. The Balaban J connectivity index is 1.05. The minimum atomic E-state index is -0.231. The number of nitrogens with zero attached hydrogens (tertiary/aromatic N) is 2. The largest absolute Gasteiger partial charge is 0.456 e. The van der Waals surface area contributed by atoms with Crippen LogP contribution in [0.5, 0.6) is 0 Å². The first-order chi connectivity index (χ1) is 38.2. The van der Waals surface area contributed by atoms with Crippen LogP contribution < -0.4 is 26.2 Å². The summed E-state index contributed by atoms with van der Waals surface area (Å²) >= 11 is 0. The van der Waals surface area contributed by atoms with Crippen LogP contribution >= 0.6 is 0 Å². The van der Waals surface area contributed by atoms with E-state index in [0.717, 1.165) is 133 Å². The Hall–Kier alpha value is -10.1. The van der Waals surface area contributed by atoms with Crippen LogP contribution in [0, 0.1) is 0 Å². The van der Waals surface area contributed by atoms with Crippen molar-refractivity contribution in [1.29, 1.82) is 0 Å². The third-order valence-electron chi connectivity index (χ3n) is 16.0. The summed E-state index contributed by atoms with van der Waals surface area (Å²) in [4.78, 5) is 5.10. The van der Waals surface area contributed by atoms with Crippen molar-refractivity contribution in [3.8, 4) is 55.6 Å². The van der Waals surface area contributed by atoms with Gasteiger partial charge in [0.2, 0.25) is 0 Å². The van der Waals surface area contributed by atoms with E-state index in [2.05, 4.69) is 283 Å². The molecule has 0 radical (unpaired) electrons. The second kappa shape index (κ2) is 17.2. The van der Waals surface area contributed by atoms with Gasteiger partial charge in [0.15, 0.2) is 0 Å². The highest BCUT2D eigenvalue weighted by Gasteiger charge is 2.45. The molecule has 16 rings (SSSR count). The van der Waals surface area contributed by atoms with Gasteiger partial charge in [-0.15, -0.1) is 0 Å². The molecule has 0 aliphatic carbocycles. The van der Waals surface area contributed by atoms with Gasteiger partial charge in [-0.3, -0.25) is 0 Å². The molecule has 0 N–H and O–H groups in total. The summed E-state index contributed by atoms with van der Waals surface area (Å²) in [7, 11) is 0. The van der Waals surface area contributed by atoms with Gasteiger partial charge in [-0.05, 0) is 134 Å². The molecule has 0 bridgehead atoms. The number of anilines is 6. The summed E-state index contributed by atoms with van der Waals surface area (Å²) in [5.41, 5.74) is 25.0. The van der Waals surface area contributed by atoms with Crippen molar-refractivity contribution in [2.24, 2.45) is 0 Å². The fraction of sp³-hybridized carbons (Fsp3) is 0. The summed E-state index contributed by atoms with van der Waals surface area (Å²) in [5, 5.41) is 4.30. The van der Waals surface area contributed by atoms with Crippen molar-refractivity contribution in [3.05, 3.63) is 273 Å². The molecule has 77 heavy (non-hydrogen) atoms. The maximum absolute atomic E-state index is 7.00. The maximum atomic E-state index is 7.00. The maximum Gasteiger partial charge on any atom is 0.252 e. The average molecular weight is 981 g/mol. The van der Waals surface area contributed by atoms with Crippen LogP contribution in [0.4, 0.5) is 34.1 Å². The third kappa shape index (κ3) is 6.87. The lowest BCUT2D eigenvalue weighted by Crippen LogP contribution is -2.61. The zero-order chi connectivity index (χ0) is 50.6. The summed E-state index contributed by atoms with van der Waals surface area (Å²) in [6, 6.07) is 99.2. The van der Waals surface area contributed by atoms with E-state index in [-0.39, 0.29) is 6.71 Å². The molecule has 0 fully saturated rings. The minimum Gasteiger partial charge on any atom is -0.456 e. The quantitative estimate of drug-likeness (QED) is 0.149. The molecule has 0 atom stereocenters. The van der Waals surface area contributed by atoms with Gasteiger partial charge in [0, 0.05) is 55.4 Å². The summed E-state index contributed by atoms with van der Waals surface area (Å²) in [5.74, 6) is 0. The molecule has 0 amide bonds. The van der Waals surface area contributed by atoms with Gasteiger partial charge >= 0.3 is 0 Å². The number of para-hydroxylation sites is 2.